The maximum atomic E-state index is 5.69. The highest BCUT2D eigenvalue weighted by molar-refractivity contribution is 5.47. The number of hydrogen-bond acceptors (Lipinski definition) is 2. The molecule has 0 aliphatic carbocycles. The van der Waals surface area contributed by atoms with Gasteiger partial charge in [-0.15, -0.1) is 0 Å². The van der Waals surface area contributed by atoms with Crippen molar-refractivity contribution in [3.8, 4) is 0 Å². The molecule has 0 radical (unpaired) electrons. The second-order valence-corrected chi connectivity index (χ2v) is 3.08. The van der Waals surface area contributed by atoms with Crippen molar-refractivity contribution in [2.75, 3.05) is 12.3 Å². The Morgan fingerprint density at radius 2 is 2.08 bits per heavy atom. The van der Waals surface area contributed by atoms with Gasteiger partial charge in [-0.05, 0) is 43.5 Å². The number of rotatable bonds is 3. The third kappa shape index (κ3) is 2.24. The number of benzene rings is 1. The van der Waals surface area contributed by atoms with Crippen molar-refractivity contribution in [3.05, 3.63) is 29.3 Å². The maximum absolute atomic E-state index is 5.69. The summed E-state index contributed by atoms with van der Waals surface area (Å²) in [7, 11) is 0. The van der Waals surface area contributed by atoms with Crippen molar-refractivity contribution in [3.63, 3.8) is 0 Å². The van der Waals surface area contributed by atoms with E-state index in [1.54, 1.807) is 0 Å². The van der Waals surface area contributed by atoms with Gasteiger partial charge in [-0.3, -0.25) is 0 Å². The molecule has 0 spiro atoms. The Bertz CT molecular complexity index is 256. The second-order valence-electron chi connectivity index (χ2n) is 3.08. The zero-order valence-corrected chi connectivity index (χ0v) is 7.51. The van der Waals surface area contributed by atoms with E-state index in [1.807, 2.05) is 13.0 Å². The van der Waals surface area contributed by atoms with Gasteiger partial charge in [-0.25, -0.2) is 0 Å². The van der Waals surface area contributed by atoms with Gasteiger partial charge in [0.1, 0.15) is 0 Å². The van der Waals surface area contributed by atoms with Crippen LogP contribution >= 0.6 is 0 Å². The van der Waals surface area contributed by atoms with Crippen molar-refractivity contribution < 1.29 is 0 Å². The Morgan fingerprint density at radius 1 is 1.33 bits per heavy atom. The first kappa shape index (κ1) is 9.07. The van der Waals surface area contributed by atoms with Crippen molar-refractivity contribution in [2.24, 2.45) is 5.73 Å². The molecule has 0 saturated carbocycles. The van der Waals surface area contributed by atoms with Gasteiger partial charge < -0.3 is 11.5 Å². The standard InChI is InChI=1S/C10H16N2/c1-8-7-9(3-2-6-11)4-5-10(8)12/h4-5,7H,2-3,6,11-12H2,1H3. The van der Waals surface area contributed by atoms with Crippen LogP contribution in [-0.4, -0.2) is 6.54 Å². The number of hydrogen-bond donors (Lipinski definition) is 2. The van der Waals surface area contributed by atoms with Gasteiger partial charge in [0, 0.05) is 5.69 Å². The van der Waals surface area contributed by atoms with Crippen molar-refractivity contribution >= 4 is 5.69 Å². The Kier molecular flexibility index (Phi) is 3.11. The first-order chi connectivity index (χ1) is 5.74. The zero-order chi connectivity index (χ0) is 8.97. The molecule has 0 saturated heterocycles. The molecule has 1 rings (SSSR count). The number of nitrogen functional groups attached to an aromatic ring is 1. The van der Waals surface area contributed by atoms with Gasteiger partial charge in [-0.2, -0.15) is 0 Å². The summed E-state index contributed by atoms with van der Waals surface area (Å²) in [5, 5.41) is 0. The predicted molar refractivity (Wildman–Crippen MR) is 53.0 cm³/mol. The lowest BCUT2D eigenvalue weighted by molar-refractivity contribution is 0.832. The molecule has 2 nitrogen and oxygen atoms in total. The highest BCUT2D eigenvalue weighted by Gasteiger charge is 1.95. The molecule has 0 aromatic heterocycles. The van der Waals surface area contributed by atoms with Gasteiger partial charge in [0.2, 0.25) is 0 Å². The first-order valence-corrected chi connectivity index (χ1v) is 4.29. The van der Waals surface area contributed by atoms with E-state index < -0.39 is 0 Å². The first-order valence-electron chi connectivity index (χ1n) is 4.29. The molecular weight excluding hydrogens is 148 g/mol. The van der Waals surface area contributed by atoms with Gasteiger partial charge in [0.05, 0.1) is 0 Å². The minimum absolute atomic E-state index is 0.753. The van der Waals surface area contributed by atoms with E-state index in [-0.39, 0.29) is 0 Å². The summed E-state index contributed by atoms with van der Waals surface area (Å²) in [6.45, 7) is 2.78. The average molecular weight is 164 g/mol. The smallest absolute Gasteiger partial charge is 0.0343 e. The van der Waals surface area contributed by atoms with E-state index in [2.05, 4.69) is 12.1 Å². The second kappa shape index (κ2) is 4.12. The molecule has 0 amide bonds. The van der Waals surface area contributed by atoms with Crippen molar-refractivity contribution in [2.45, 2.75) is 19.8 Å². The summed E-state index contributed by atoms with van der Waals surface area (Å²) < 4.78 is 0. The monoisotopic (exact) mass is 164 g/mol. The molecule has 4 N–H and O–H groups in total. The van der Waals surface area contributed by atoms with E-state index in [9.17, 15) is 0 Å². The van der Waals surface area contributed by atoms with Crippen LogP contribution in [0.5, 0.6) is 0 Å². The lowest BCUT2D eigenvalue weighted by Gasteiger charge is -2.03. The summed E-state index contributed by atoms with van der Waals surface area (Å²) in [6.07, 6.45) is 2.10. The van der Waals surface area contributed by atoms with Gasteiger partial charge in [0.15, 0.2) is 0 Å². The van der Waals surface area contributed by atoms with Crippen LogP contribution in [0.1, 0.15) is 17.5 Å². The SMILES string of the molecule is Cc1cc(CCCN)ccc1N. The van der Waals surface area contributed by atoms with Gasteiger partial charge in [0.25, 0.3) is 0 Å². The number of nitrogens with two attached hydrogens (primary N) is 2. The summed E-state index contributed by atoms with van der Waals surface area (Å²) in [6, 6.07) is 6.16. The lowest BCUT2D eigenvalue weighted by atomic mass is 10.1. The Labute approximate surface area is 73.6 Å². The van der Waals surface area contributed by atoms with Crippen LogP contribution in [0.15, 0.2) is 18.2 Å². The fourth-order valence-electron chi connectivity index (χ4n) is 1.20. The fraction of sp³-hybridized carbons (Fsp3) is 0.400. The highest BCUT2D eigenvalue weighted by atomic mass is 14.5. The van der Waals surface area contributed by atoms with Crippen molar-refractivity contribution in [1.29, 1.82) is 0 Å². The van der Waals surface area contributed by atoms with Crippen molar-refractivity contribution in [1.82, 2.24) is 0 Å². The number of anilines is 1. The quantitative estimate of drug-likeness (QED) is 0.665. The molecular formula is C10H16N2. The van der Waals surface area contributed by atoms with Crippen LogP contribution in [0.3, 0.4) is 0 Å². The maximum Gasteiger partial charge on any atom is 0.0343 e. The molecule has 2 heteroatoms. The molecule has 0 heterocycles. The van der Waals surface area contributed by atoms with Gasteiger partial charge in [-0.1, -0.05) is 12.1 Å². The predicted octanol–water partition coefficient (Wildman–Crippen LogP) is 1.47. The van der Waals surface area contributed by atoms with E-state index in [0.717, 1.165) is 30.6 Å². The summed E-state index contributed by atoms with van der Waals surface area (Å²) >= 11 is 0. The molecule has 0 fully saturated rings. The molecule has 1 aromatic rings. The average Bonchev–Trinajstić information content (AvgIpc) is 2.07. The lowest BCUT2D eigenvalue weighted by Crippen LogP contribution is -2.00. The molecule has 0 atom stereocenters. The third-order valence-electron chi connectivity index (χ3n) is 2.00. The minimum atomic E-state index is 0.753. The summed E-state index contributed by atoms with van der Waals surface area (Å²) in [5.74, 6) is 0. The topological polar surface area (TPSA) is 52.0 Å². The number of aryl methyl sites for hydroxylation is 2. The van der Waals surface area contributed by atoms with E-state index in [4.69, 9.17) is 11.5 Å². The van der Waals surface area contributed by atoms with Crippen LogP contribution in [0.4, 0.5) is 5.69 Å². The zero-order valence-electron chi connectivity index (χ0n) is 7.51. The normalized spacial score (nSPS) is 10.2. The largest absolute Gasteiger partial charge is 0.399 e. The molecule has 0 aliphatic heterocycles. The van der Waals surface area contributed by atoms with Crippen LogP contribution in [0.2, 0.25) is 0 Å². The van der Waals surface area contributed by atoms with E-state index >= 15 is 0 Å². The molecule has 0 bridgehead atoms. The molecule has 66 valence electrons. The van der Waals surface area contributed by atoms with Crippen LogP contribution in [-0.2, 0) is 6.42 Å². The van der Waals surface area contributed by atoms with Crippen LogP contribution in [0, 0.1) is 6.92 Å². The van der Waals surface area contributed by atoms with Crippen LogP contribution < -0.4 is 11.5 Å². The molecule has 0 aliphatic rings. The highest BCUT2D eigenvalue weighted by Crippen LogP contribution is 2.13. The summed E-state index contributed by atoms with van der Waals surface area (Å²) in [5.41, 5.74) is 14.5. The van der Waals surface area contributed by atoms with E-state index in [1.165, 1.54) is 5.56 Å². The van der Waals surface area contributed by atoms with Crippen LogP contribution in [0.25, 0.3) is 0 Å². The Balaban J connectivity index is 2.69. The fourth-order valence-corrected chi connectivity index (χ4v) is 1.20. The molecule has 12 heavy (non-hydrogen) atoms. The summed E-state index contributed by atoms with van der Waals surface area (Å²) in [4.78, 5) is 0. The molecule has 0 unspecified atom stereocenters. The minimum Gasteiger partial charge on any atom is -0.399 e. The molecule has 1 aromatic carbocycles. The van der Waals surface area contributed by atoms with E-state index in [0.29, 0.717) is 0 Å². The Morgan fingerprint density at radius 3 is 2.67 bits per heavy atom. The third-order valence-corrected chi connectivity index (χ3v) is 2.00. The Hall–Kier alpha value is -1.02. The van der Waals surface area contributed by atoms with Gasteiger partial charge >= 0.3 is 0 Å².